The van der Waals surface area contributed by atoms with Crippen LogP contribution in [0.3, 0.4) is 0 Å². The third-order valence-corrected chi connectivity index (χ3v) is 4.42. The summed E-state index contributed by atoms with van der Waals surface area (Å²) in [6.45, 7) is 1.21. The van der Waals surface area contributed by atoms with Gasteiger partial charge in [-0.05, 0) is 18.2 Å². The van der Waals surface area contributed by atoms with Gasteiger partial charge in [-0.15, -0.1) is 0 Å². The average Bonchev–Trinajstić information content (AvgIpc) is 2.65. The molecule has 0 atom stereocenters. The van der Waals surface area contributed by atoms with Crippen molar-refractivity contribution in [3.05, 3.63) is 57.3 Å². The molecule has 1 aliphatic rings. The number of nitrogens with zero attached hydrogens (tertiary/aromatic N) is 2. The van der Waals surface area contributed by atoms with E-state index in [9.17, 15) is 4.39 Å². The number of nitrogen functional groups attached to an aromatic ring is 1. The van der Waals surface area contributed by atoms with E-state index < -0.39 is 0 Å². The Morgan fingerprint density at radius 2 is 2.00 bits per heavy atom. The minimum Gasteiger partial charge on any atom is -0.396 e. The summed E-state index contributed by atoms with van der Waals surface area (Å²) in [6, 6.07) is 8.24. The van der Waals surface area contributed by atoms with Gasteiger partial charge in [0.1, 0.15) is 5.82 Å². The van der Waals surface area contributed by atoms with Crippen LogP contribution < -0.4 is 10.6 Å². The van der Waals surface area contributed by atoms with Gasteiger partial charge in [-0.2, -0.15) is 0 Å². The molecule has 2 N–H and O–H groups in total. The Kier molecular flexibility index (Phi) is 3.98. The minimum atomic E-state index is -0.346. The number of likely N-dealkylation sites (N-methyl/N-ethyl adjacent to an activating group) is 1. The standard InChI is InChI=1S/C16H14Cl2FN3/c1-22-7-6-21-16(9-4-2-3-5-11(9)19)13-12(22)8-10(17)15(20)14(13)18/h2-5,8H,6-7,20H2,1H3. The number of hydrogen-bond acceptors (Lipinski definition) is 3. The van der Waals surface area contributed by atoms with Crippen molar-refractivity contribution in [2.24, 2.45) is 4.99 Å². The maximum absolute atomic E-state index is 14.2. The molecule has 2 aromatic rings. The predicted molar refractivity (Wildman–Crippen MR) is 91.1 cm³/mol. The first-order valence-electron chi connectivity index (χ1n) is 6.79. The van der Waals surface area contributed by atoms with Crippen LogP contribution in [0.5, 0.6) is 0 Å². The van der Waals surface area contributed by atoms with Gasteiger partial charge in [-0.3, -0.25) is 4.99 Å². The Labute approximate surface area is 138 Å². The molecular formula is C16H14Cl2FN3. The van der Waals surface area contributed by atoms with E-state index in [4.69, 9.17) is 28.9 Å². The number of nitrogens with two attached hydrogens (primary N) is 1. The van der Waals surface area contributed by atoms with E-state index in [1.165, 1.54) is 6.07 Å². The van der Waals surface area contributed by atoms with Crippen molar-refractivity contribution in [1.82, 2.24) is 0 Å². The molecule has 3 nitrogen and oxygen atoms in total. The van der Waals surface area contributed by atoms with Crippen LogP contribution in [0.2, 0.25) is 10.0 Å². The van der Waals surface area contributed by atoms with E-state index >= 15 is 0 Å². The fourth-order valence-corrected chi connectivity index (χ4v) is 3.07. The van der Waals surface area contributed by atoms with Crippen LogP contribution in [-0.2, 0) is 0 Å². The summed E-state index contributed by atoms with van der Waals surface area (Å²) in [7, 11) is 1.92. The van der Waals surface area contributed by atoms with Gasteiger partial charge in [0.05, 0.1) is 28.0 Å². The molecule has 0 aromatic heterocycles. The molecule has 0 fully saturated rings. The van der Waals surface area contributed by atoms with Crippen LogP contribution in [0.1, 0.15) is 11.1 Å². The number of fused-ring (bicyclic) bond motifs is 1. The summed E-state index contributed by atoms with van der Waals surface area (Å²) in [5.74, 6) is -0.346. The van der Waals surface area contributed by atoms with Crippen molar-refractivity contribution in [3.63, 3.8) is 0 Å². The van der Waals surface area contributed by atoms with E-state index in [1.54, 1.807) is 24.3 Å². The number of hydrogen-bond donors (Lipinski definition) is 1. The molecule has 1 aliphatic heterocycles. The third-order valence-electron chi connectivity index (χ3n) is 3.72. The third kappa shape index (κ3) is 2.42. The Morgan fingerprint density at radius 1 is 1.27 bits per heavy atom. The minimum absolute atomic E-state index is 0.279. The van der Waals surface area contributed by atoms with Crippen LogP contribution >= 0.6 is 23.2 Å². The van der Waals surface area contributed by atoms with E-state index in [-0.39, 0.29) is 11.5 Å². The lowest BCUT2D eigenvalue weighted by molar-refractivity contribution is 0.625. The molecule has 2 aromatic carbocycles. The molecule has 0 amide bonds. The number of halogens is 3. The molecule has 0 spiro atoms. The van der Waals surface area contributed by atoms with Gasteiger partial charge >= 0.3 is 0 Å². The van der Waals surface area contributed by atoms with E-state index in [1.807, 2.05) is 11.9 Å². The monoisotopic (exact) mass is 337 g/mol. The lowest BCUT2D eigenvalue weighted by Crippen LogP contribution is -2.21. The zero-order valence-corrected chi connectivity index (χ0v) is 13.4. The topological polar surface area (TPSA) is 41.6 Å². The van der Waals surface area contributed by atoms with Crippen LogP contribution in [0.15, 0.2) is 35.3 Å². The van der Waals surface area contributed by atoms with Crippen molar-refractivity contribution in [3.8, 4) is 0 Å². The SMILES string of the molecule is CN1CCN=C(c2ccccc2F)c2c1cc(Cl)c(N)c2Cl. The number of anilines is 2. The Hall–Kier alpha value is -1.78. The van der Waals surface area contributed by atoms with E-state index in [0.717, 1.165) is 5.69 Å². The number of benzene rings is 2. The predicted octanol–water partition coefficient (Wildman–Crippen LogP) is 4.00. The first-order valence-corrected chi connectivity index (χ1v) is 7.54. The lowest BCUT2D eigenvalue weighted by Gasteiger charge is -2.22. The molecule has 0 aliphatic carbocycles. The molecule has 0 unspecified atom stereocenters. The summed E-state index contributed by atoms with van der Waals surface area (Å²) in [5.41, 5.74) is 8.55. The van der Waals surface area contributed by atoms with Crippen LogP contribution in [-0.4, -0.2) is 25.8 Å². The van der Waals surface area contributed by atoms with Crippen LogP contribution in [0.4, 0.5) is 15.8 Å². The summed E-state index contributed by atoms with van der Waals surface area (Å²) < 4.78 is 14.2. The molecule has 0 radical (unpaired) electrons. The fraction of sp³-hybridized carbons (Fsp3) is 0.188. The van der Waals surface area contributed by atoms with Gasteiger partial charge in [0.2, 0.25) is 0 Å². The first-order chi connectivity index (χ1) is 10.5. The summed E-state index contributed by atoms with van der Waals surface area (Å²) in [6.07, 6.45) is 0. The number of benzodiazepines with no additional fused rings is 1. The van der Waals surface area contributed by atoms with Crippen molar-refractivity contribution in [2.75, 3.05) is 30.8 Å². The highest BCUT2D eigenvalue weighted by Crippen LogP contribution is 2.40. The van der Waals surface area contributed by atoms with E-state index in [2.05, 4.69) is 4.99 Å². The lowest BCUT2D eigenvalue weighted by atomic mass is 9.99. The average molecular weight is 338 g/mol. The van der Waals surface area contributed by atoms with Crippen molar-refractivity contribution >= 4 is 40.3 Å². The fourth-order valence-electron chi connectivity index (χ4n) is 2.53. The highest BCUT2D eigenvalue weighted by molar-refractivity contribution is 6.43. The van der Waals surface area contributed by atoms with Gasteiger partial charge in [0.15, 0.2) is 0 Å². The summed E-state index contributed by atoms with van der Waals surface area (Å²) in [4.78, 5) is 6.52. The molecule has 3 rings (SSSR count). The highest BCUT2D eigenvalue weighted by atomic mass is 35.5. The maximum Gasteiger partial charge on any atom is 0.132 e. The number of rotatable bonds is 1. The smallest absolute Gasteiger partial charge is 0.132 e. The van der Waals surface area contributed by atoms with E-state index in [0.29, 0.717) is 40.0 Å². The Morgan fingerprint density at radius 3 is 2.73 bits per heavy atom. The van der Waals surface area contributed by atoms with Gasteiger partial charge in [0, 0.05) is 30.4 Å². The Bertz CT molecular complexity index is 774. The van der Waals surface area contributed by atoms with Gasteiger partial charge in [-0.25, -0.2) is 4.39 Å². The summed E-state index contributed by atoms with van der Waals surface area (Å²) >= 11 is 12.6. The first kappa shape index (κ1) is 15.1. The largest absolute Gasteiger partial charge is 0.396 e. The molecule has 0 saturated carbocycles. The molecule has 114 valence electrons. The van der Waals surface area contributed by atoms with Crippen molar-refractivity contribution in [2.45, 2.75) is 0 Å². The molecule has 0 saturated heterocycles. The zero-order valence-electron chi connectivity index (χ0n) is 11.9. The summed E-state index contributed by atoms with van der Waals surface area (Å²) in [5, 5.41) is 0.684. The molecule has 1 heterocycles. The zero-order chi connectivity index (χ0) is 15.9. The van der Waals surface area contributed by atoms with Gasteiger partial charge in [-0.1, -0.05) is 35.3 Å². The van der Waals surface area contributed by atoms with Crippen molar-refractivity contribution < 1.29 is 4.39 Å². The van der Waals surface area contributed by atoms with Crippen LogP contribution in [0, 0.1) is 5.82 Å². The second-order valence-electron chi connectivity index (χ2n) is 5.11. The molecule has 22 heavy (non-hydrogen) atoms. The highest BCUT2D eigenvalue weighted by Gasteiger charge is 2.25. The number of aliphatic imine (C=N–C) groups is 1. The second kappa shape index (κ2) is 5.78. The maximum atomic E-state index is 14.2. The van der Waals surface area contributed by atoms with Gasteiger partial charge < -0.3 is 10.6 Å². The molecular weight excluding hydrogens is 324 g/mol. The van der Waals surface area contributed by atoms with Crippen molar-refractivity contribution in [1.29, 1.82) is 0 Å². The Balaban J connectivity index is 2.32. The quantitative estimate of drug-likeness (QED) is 0.799. The second-order valence-corrected chi connectivity index (χ2v) is 5.90. The van der Waals surface area contributed by atoms with Crippen LogP contribution in [0.25, 0.3) is 0 Å². The normalized spacial score (nSPS) is 14.4. The molecule has 0 bridgehead atoms. The van der Waals surface area contributed by atoms with Gasteiger partial charge in [0.25, 0.3) is 0 Å². The molecule has 6 heteroatoms.